The molecule has 0 spiro atoms. The van der Waals surface area contributed by atoms with E-state index in [9.17, 15) is 15.0 Å². The third kappa shape index (κ3) is 5.75. The molecule has 1 atom stereocenters. The highest BCUT2D eigenvalue weighted by Gasteiger charge is 2.35. The van der Waals surface area contributed by atoms with Crippen molar-refractivity contribution in [3.05, 3.63) is 57.9 Å². The van der Waals surface area contributed by atoms with Crippen molar-refractivity contribution in [3.8, 4) is 28.1 Å². The molecular formula is C30H40N2O3S. The maximum Gasteiger partial charge on any atom is 0.407 e. The first-order valence-electron chi connectivity index (χ1n) is 12.3. The van der Waals surface area contributed by atoms with Crippen LogP contribution in [0.5, 0.6) is 5.75 Å². The number of hydrogen-bond donors (Lipinski definition) is 2. The van der Waals surface area contributed by atoms with Crippen LogP contribution < -0.4 is 0 Å². The van der Waals surface area contributed by atoms with Crippen molar-refractivity contribution in [2.75, 3.05) is 7.05 Å². The molecule has 0 bridgehead atoms. The Balaban J connectivity index is 2.01. The molecule has 1 amide bonds. The van der Waals surface area contributed by atoms with Crippen LogP contribution in [0.3, 0.4) is 0 Å². The predicted octanol–water partition coefficient (Wildman–Crippen LogP) is 8.47. The van der Waals surface area contributed by atoms with Crippen LogP contribution in [0.15, 0.2) is 41.8 Å². The second-order valence-corrected chi connectivity index (χ2v) is 13.6. The number of nitrogens with zero attached hydrogens (tertiary/aromatic N) is 2. The minimum absolute atomic E-state index is 0.191. The van der Waals surface area contributed by atoms with Gasteiger partial charge in [0.15, 0.2) is 0 Å². The Kier molecular flexibility index (Phi) is 7.35. The van der Waals surface area contributed by atoms with E-state index in [1.807, 2.05) is 26.2 Å². The van der Waals surface area contributed by atoms with Crippen molar-refractivity contribution < 1.29 is 15.0 Å². The molecule has 0 aliphatic rings. The van der Waals surface area contributed by atoms with Gasteiger partial charge in [0.05, 0.1) is 11.7 Å². The van der Waals surface area contributed by atoms with Crippen molar-refractivity contribution in [2.45, 2.75) is 79.2 Å². The third-order valence-corrected chi connectivity index (χ3v) is 7.40. The molecule has 0 radical (unpaired) electrons. The number of benzene rings is 2. The van der Waals surface area contributed by atoms with E-state index in [4.69, 9.17) is 4.98 Å². The van der Waals surface area contributed by atoms with Crippen LogP contribution in [0, 0.1) is 5.41 Å². The largest absolute Gasteiger partial charge is 0.507 e. The molecule has 2 aromatic carbocycles. The summed E-state index contributed by atoms with van der Waals surface area (Å²) < 4.78 is 0. The van der Waals surface area contributed by atoms with E-state index in [1.165, 1.54) is 16.2 Å². The van der Waals surface area contributed by atoms with E-state index in [0.29, 0.717) is 5.75 Å². The molecule has 2 N–H and O–H groups in total. The van der Waals surface area contributed by atoms with Crippen LogP contribution in [0.4, 0.5) is 4.79 Å². The fourth-order valence-electron chi connectivity index (χ4n) is 4.55. The summed E-state index contributed by atoms with van der Waals surface area (Å²) in [7, 11) is 1.60. The number of carbonyl (C=O) groups is 1. The van der Waals surface area contributed by atoms with Gasteiger partial charge in [0, 0.05) is 29.1 Å². The highest BCUT2D eigenvalue weighted by atomic mass is 32.1. The van der Waals surface area contributed by atoms with E-state index in [0.717, 1.165) is 38.5 Å². The van der Waals surface area contributed by atoms with E-state index < -0.39 is 6.09 Å². The van der Waals surface area contributed by atoms with Gasteiger partial charge >= 0.3 is 6.09 Å². The van der Waals surface area contributed by atoms with Crippen molar-refractivity contribution in [3.63, 3.8) is 0 Å². The number of carboxylic acid groups (broad SMARTS) is 1. The van der Waals surface area contributed by atoms with E-state index in [1.54, 1.807) is 7.05 Å². The highest BCUT2D eigenvalue weighted by Crippen LogP contribution is 2.43. The Labute approximate surface area is 219 Å². The molecule has 3 aromatic rings. The fraction of sp³-hybridized carbons (Fsp3) is 0.467. The zero-order chi connectivity index (χ0) is 27.2. The summed E-state index contributed by atoms with van der Waals surface area (Å²) >= 11 is 1.49. The van der Waals surface area contributed by atoms with Gasteiger partial charge in [-0.05, 0) is 39.5 Å². The summed E-state index contributed by atoms with van der Waals surface area (Å²) in [5.41, 5.74) is 5.17. The average Bonchev–Trinajstić information content (AvgIpc) is 3.20. The normalized spacial score (nSPS) is 13.5. The van der Waals surface area contributed by atoms with Gasteiger partial charge in [-0.25, -0.2) is 9.78 Å². The molecule has 0 saturated heterocycles. The molecular weight excluding hydrogens is 468 g/mol. The van der Waals surface area contributed by atoms with Crippen molar-refractivity contribution in [1.82, 2.24) is 9.88 Å². The first-order valence-corrected chi connectivity index (χ1v) is 13.2. The van der Waals surface area contributed by atoms with Crippen LogP contribution in [0.25, 0.3) is 22.4 Å². The second-order valence-electron chi connectivity index (χ2n) is 12.7. The number of hydrogen-bond acceptors (Lipinski definition) is 4. The van der Waals surface area contributed by atoms with Crippen LogP contribution in [-0.2, 0) is 10.8 Å². The molecule has 0 saturated carbocycles. The van der Waals surface area contributed by atoms with Crippen molar-refractivity contribution in [2.24, 2.45) is 5.41 Å². The zero-order valence-electron chi connectivity index (χ0n) is 23.2. The lowest BCUT2D eigenvalue weighted by Crippen LogP contribution is -2.37. The Hall–Kier alpha value is -2.86. The molecule has 6 heteroatoms. The first kappa shape index (κ1) is 27.7. The van der Waals surface area contributed by atoms with Gasteiger partial charge in [0.25, 0.3) is 0 Å². The third-order valence-electron chi connectivity index (χ3n) is 6.51. The molecule has 1 heterocycles. The number of thiazole rings is 1. The topological polar surface area (TPSA) is 73.7 Å². The lowest BCUT2D eigenvalue weighted by atomic mass is 9.77. The van der Waals surface area contributed by atoms with E-state index >= 15 is 0 Å². The highest BCUT2D eigenvalue weighted by molar-refractivity contribution is 7.10. The molecule has 0 fully saturated rings. The van der Waals surface area contributed by atoms with Gasteiger partial charge in [0.2, 0.25) is 0 Å². The predicted molar refractivity (Wildman–Crippen MR) is 150 cm³/mol. The average molecular weight is 509 g/mol. The molecule has 1 aromatic heterocycles. The minimum atomic E-state index is -0.964. The minimum Gasteiger partial charge on any atom is -0.507 e. The van der Waals surface area contributed by atoms with Crippen LogP contribution in [-0.4, -0.2) is 33.2 Å². The van der Waals surface area contributed by atoms with Gasteiger partial charge in [-0.15, -0.1) is 11.3 Å². The monoisotopic (exact) mass is 508 g/mol. The van der Waals surface area contributed by atoms with Gasteiger partial charge in [-0.3, -0.25) is 0 Å². The lowest BCUT2D eigenvalue weighted by molar-refractivity contribution is 0.0985. The maximum absolute atomic E-state index is 11.7. The number of aromatic nitrogens is 1. The summed E-state index contributed by atoms with van der Waals surface area (Å²) in [6.07, 6.45) is -0.964. The SMILES string of the molecule is CN(C(=O)O)C(c1nc(-c2ccc(-c3cc(C(C)(C)C)c(O)c(C(C)(C)C)c3)cc2)cs1)C(C)(C)C. The number of phenolic OH excluding ortho intramolecular Hbond substituents is 1. The standard InChI is InChI=1S/C30H40N2O3S/c1-28(2,3)21-15-20(16-22(24(21)33)29(4,5)6)18-11-13-19(14-12-18)23-17-36-26(31-23)25(30(7,8)9)32(10)27(34)35/h11-17,25,33H,1-10H3,(H,34,35). The maximum atomic E-state index is 11.7. The Bertz CT molecular complexity index is 1200. The molecule has 0 aliphatic heterocycles. The second kappa shape index (κ2) is 9.55. The van der Waals surface area contributed by atoms with Crippen LogP contribution in [0.2, 0.25) is 0 Å². The quantitative estimate of drug-likeness (QED) is 0.371. The van der Waals surface area contributed by atoms with Gasteiger partial charge in [0.1, 0.15) is 10.8 Å². The Morgan fingerprint density at radius 1 is 0.861 bits per heavy atom. The van der Waals surface area contributed by atoms with E-state index in [-0.39, 0.29) is 22.3 Å². The van der Waals surface area contributed by atoms with Gasteiger partial charge in [-0.2, -0.15) is 0 Å². The summed E-state index contributed by atoms with van der Waals surface area (Å²) in [6, 6.07) is 12.1. The summed E-state index contributed by atoms with van der Waals surface area (Å²) in [5, 5.41) is 23.4. The van der Waals surface area contributed by atoms with Gasteiger partial charge in [-0.1, -0.05) is 86.6 Å². The van der Waals surface area contributed by atoms with Crippen LogP contribution >= 0.6 is 11.3 Å². The Morgan fingerprint density at radius 3 is 1.75 bits per heavy atom. The number of aromatic hydroxyl groups is 1. The summed E-state index contributed by atoms with van der Waals surface area (Å²) in [4.78, 5) is 17.9. The van der Waals surface area contributed by atoms with Crippen molar-refractivity contribution in [1.29, 1.82) is 0 Å². The van der Waals surface area contributed by atoms with Gasteiger partial charge < -0.3 is 15.1 Å². The first-order chi connectivity index (χ1) is 16.4. The molecule has 0 aliphatic carbocycles. The number of phenols is 1. The molecule has 194 valence electrons. The van der Waals surface area contributed by atoms with Crippen molar-refractivity contribution >= 4 is 17.4 Å². The zero-order valence-corrected chi connectivity index (χ0v) is 24.0. The lowest BCUT2D eigenvalue weighted by Gasteiger charge is -2.34. The molecule has 36 heavy (non-hydrogen) atoms. The van der Waals surface area contributed by atoms with E-state index in [2.05, 4.69) is 77.9 Å². The number of rotatable bonds is 4. The summed E-state index contributed by atoms with van der Waals surface area (Å²) in [5.74, 6) is 0.380. The number of amides is 1. The molecule has 5 nitrogen and oxygen atoms in total. The fourth-order valence-corrected chi connectivity index (χ4v) is 5.76. The smallest absolute Gasteiger partial charge is 0.407 e. The van der Waals surface area contributed by atoms with Crippen LogP contribution in [0.1, 0.15) is 84.5 Å². The molecule has 3 rings (SSSR count). The molecule has 1 unspecified atom stereocenters. The Morgan fingerprint density at radius 2 is 1.33 bits per heavy atom. The summed E-state index contributed by atoms with van der Waals surface area (Å²) in [6.45, 7) is 18.8.